The summed E-state index contributed by atoms with van der Waals surface area (Å²) in [5, 5.41) is 10.1. The molecule has 0 radical (unpaired) electrons. The van der Waals surface area contributed by atoms with E-state index in [1.54, 1.807) is 23.1 Å². The minimum atomic E-state index is -4.52. The van der Waals surface area contributed by atoms with Crippen LogP contribution in [0.25, 0.3) is 5.65 Å². The van der Waals surface area contributed by atoms with E-state index < -0.39 is 11.4 Å². The van der Waals surface area contributed by atoms with Crippen LogP contribution in [0.5, 0.6) is 0 Å². The molecular weight excluding hydrogens is 559 g/mol. The molecule has 10 nitrogen and oxygen atoms in total. The fourth-order valence-corrected chi connectivity index (χ4v) is 4.96. The number of ether oxygens (including phenoxy) is 2. The zero-order valence-corrected chi connectivity index (χ0v) is 23.9. The molecule has 0 spiro atoms. The third-order valence-corrected chi connectivity index (χ3v) is 7.19. The van der Waals surface area contributed by atoms with Gasteiger partial charge in [0, 0.05) is 36.8 Å². The highest BCUT2D eigenvalue weighted by molar-refractivity contribution is 8.00. The van der Waals surface area contributed by atoms with Crippen molar-refractivity contribution in [1.82, 2.24) is 29.4 Å². The zero-order valence-electron chi connectivity index (χ0n) is 23.0. The maximum atomic E-state index is 13.4. The second-order valence-corrected chi connectivity index (χ2v) is 10.5. The van der Waals surface area contributed by atoms with Gasteiger partial charge in [-0.1, -0.05) is 5.92 Å². The lowest BCUT2D eigenvalue weighted by atomic mass is 10.1. The Hall–Kier alpha value is -3.25. The number of nitrogens with zero attached hydrogens (tertiary/aromatic N) is 5. The van der Waals surface area contributed by atoms with Crippen LogP contribution in [0.3, 0.4) is 0 Å². The standard InChI is InChI=1S/C27H34F3N7O3S/c1-3-39-16-17-40-15-14-36-19-20(18-32-36)25(38)31-10-4-6-23-26(41-27(28,29)30)37-11-5-7-22(24(37)34-23)33-21-8-12-35(2)13-9-21/h5,7,11,18-19,21,33H,3,8-10,12-17H2,1-2H3,(H,31,38). The Balaban J connectivity index is 1.40. The first-order valence-corrected chi connectivity index (χ1v) is 14.2. The highest BCUT2D eigenvalue weighted by Gasteiger charge is 2.33. The van der Waals surface area contributed by atoms with E-state index in [1.165, 1.54) is 10.6 Å². The molecule has 0 aromatic carbocycles. The van der Waals surface area contributed by atoms with Gasteiger partial charge in [-0.05, 0) is 58.0 Å². The van der Waals surface area contributed by atoms with Crippen molar-refractivity contribution in [2.75, 3.05) is 58.4 Å². The summed E-state index contributed by atoms with van der Waals surface area (Å²) in [4.78, 5) is 19.2. The van der Waals surface area contributed by atoms with Gasteiger partial charge in [-0.15, -0.1) is 0 Å². The number of imidazole rings is 1. The molecule has 1 fully saturated rings. The van der Waals surface area contributed by atoms with Gasteiger partial charge >= 0.3 is 5.51 Å². The van der Waals surface area contributed by atoms with Crippen molar-refractivity contribution < 1.29 is 27.4 Å². The normalized spacial score (nSPS) is 14.7. The SMILES string of the molecule is CCOCCOCCn1cc(C(=O)NCC#Cc2nc3c(NC4CCN(C)CC4)cccn3c2SC(F)(F)F)cn1. The van der Waals surface area contributed by atoms with Gasteiger partial charge in [-0.2, -0.15) is 18.3 Å². The molecule has 41 heavy (non-hydrogen) atoms. The zero-order chi connectivity index (χ0) is 29.2. The Labute approximate surface area is 240 Å². The molecule has 2 N–H and O–H groups in total. The summed E-state index contributed by atoms with van der Waals surface area (Å²) in [6.07, 6.45) is 6.42. The van der Waals surface area contributed by atoms with Gasteiger partial charge in [0.1, 0.15) is 10.7 Å². The van der Waals surface area contributed by atoms with Crippen LogP contribution in [0.4, 0.5) is 18.9 Å². The highest BCUT2D eigenvalue weighted by atomic mass is 32.2. The second-order valence-electron chi connectivity index (χ2n) is 9.44. The Morgan fingerprint density at radius 2 is 2.00 bits per heavy atom. The molecule has 3 aromatic rings. The number of pyridine rings is 1. The van der Waals surface area contributed by atoms with Crippen molar-refractivity contribution in [3.8, 4) is 11.8 Å². The molecule has 1 amide bonds. The number of anilines is 1. The van der Waals surface area contributed by atoms with Crippen LogP contribution in [0.2, 0.25) is 0 Å². The average molecular weight is 594 g/mol. The van der Waals surface area contributed by atoms with E-state index in [4.69, 9.17) is 9.47 Å². The number of fused-ring (bicyclic) bond motifs is 1. The van der Waals surface area contributed by atoms with Crippen LogP contribution >= 0.6 is 11.8 Å². The Morgan fingerprint density at radius 3 is 2.76 bits per heavy atom. The predicted octanol–water partition coefficient (Wildman–Crippen LogP) is 3.48. The number of halogens is 3. The number of rotatable bonds is 12. The molecule has 1 aliphatic rings. The number of carbonyl (C=O) groups is 1. The van der Waals surface area contributed by atoms with Gasteiger partial charge in [0.05, 0.1) is 50.4 Å². The third-order valence-electron chi connectivity index (χ3n) is 6.38. The highest BCUT2D eigenvalue weighted by Crippen LogP contribution is 2.39. The molecule has 0 aliphatic carbocycles. The largest absolute Gasteiger partial charge is 0.447 e. The fraction of sp³-hybridized carbons (Fsp3) is 0.519. The molecule has 4 rings (SSSR count). The number of amides is 1. The lowest BCUT2D eigenvalue weighted by Gasteiger charge is -2.30. The lowest BCUT2D eigenvalue weighted by molar-refractivity contribution is -0.0330. The number of likely N-dealkylation sites (tertiary alicyclic amines) is 1. The molecule has 0 saturated carbocycles. The van der Waals surface area contributed by atoms with Crippen molar-refractivity contribution in [2.45, 2.75) is 42.9 Å². The molecule has 14 heteroatoms. The van der Waals surface area contributed by atoms with Crippen LogP contribution in [0.1, 0.15) is 35.8 Å². The number of carbonyl (C=O) groups excluding carboxylic acids is 1. The fourth-order valence-electron chi connectivity index (χ4n) is 4.30. The summed E-state index contributed by atoms with van der Waals surface area (Å²) in [7, 11) is 2.07. The van der Waals surface area contributed by atoms with Gasteiger partial charge in [0.2, 0.25) is 0 Å². The molecular formula is C27H34F3N7O3S. The first-order chi connectivity index (χ1) is 19.7. The van der Waals surface area contributed by atoms with Gasteiger partial charge in [0.15, 0.2) is 5.65 Å². The number of aromatic nitrogens is 4. The number of thioether (sulfide) groups is 1. The summed E-state index contributed by atoms with van der Waals surface area (Å²) in [5.74, 6) is 5.06. The summed E-state index contributed by atoms with van der Waals surface area (Å²) in [6.45, 7) is 6.25. The molecule has 1 aliphatic heterocycles. The predicted molar refractivity (Wildman–Crippen MR) is 150 cm³/mol. The van der Waals surface area contributed by atoms with Crippen molar-refractivity contribution in [3.05, 3.63) is 42.0 Å². The van der Waals surface area contributed by atoms with Crippen LogP contribution in [-0.2, 0) is 16.0 Å². The third kappa shape index (κ3) is 9.12. The van der Waals surface area contributed by atoms with E-state index in [0.717, 1.165) is 25.9 Å². The van der Waals surface area contributed by atoms with Crippen molar-refractivity contribution in [1.29, 1.82) is 0 Å². The van der Waals surface area contributed by atoms with Gasteiger partial charge < -0.3 is 25.0 Å². The first kappa shape index (κ1) is 30.7. The van der Waals surface area contributed by atoms with Crippen LogP contribution in [0.15, 0.2) is 35.7 Å². The van der Waals surface area contributed by atoms with E-state index in [0.29, 0.717) is 49.9 Å². The van der Waals surface area contributed by atoms with E-state index in [2.05, 4.69) is 44.5 Å². The Morgan fingerprint density at radius 1 is 1.22 bits per heavy atom. The lowest BCUT2D eigenvalue weighted by Crippen LogP contribution is -2.36. The monoisotopic (exact) mass is 593 g/mol. The average Bonchev–Trinajstić information content (AvgIpc) is 3.55. The number of piperidine rings is 1. The number of alkyl halides is 3. The second kappa shape index (κ2) is 14.6. The van der Waals surface area contributed by atoms with E-state index in [9.17, 15) is 18.0 Å². The molecule has 1 saturated heterocycles. The Kier molecular flexibility index (Phi) is 10.9. The molecule has 0 atom stereocenters. The first-order valence-electron chi connectivity index (χ1n) is 13.4. The number of nitrogens with one attached hydrogen (secondary N) is 2. The maximum absolute atomic E-state index is 13.4. The topological polar surface area (TPSA) is 97.9 Å². The molecule has 0 bridgehead atoms. The van der Waals surface area contributed by atoms with Gasteiger partial charge in [-0.25, -0.2) is 4.98 Å². The van der Waals surface area contributed by atoms with Crippen LogP contribution in [0, 0.1) is 11.8 Å². The van der Waals surface area contributed by atoms with Crippen LogP contribution < -0.4 is 10.6 Å². The van der Waals surface area contributed by atoms with E-state index >= 15 is 0 Å². The summed E-state index contributed by atoms with van der Waals surface area (Å²) in [5.41, 5.74) is -3.15. The number of hydrogen-bond acceptors (Lipinski definition) is 8. The summed E-state index contributed by atoms with van der Waals surface area (Å²) < 4.78 is 54.0. The van der Waals surface area contributed by atoms with Gasteiger partial charge in [-0.3, -0.25) is 13.9 Å². The van der Waals surface area contributed by atoms with Crippen molar-refractivity contribution in [2.24, 2.45) is 0 Å². The minimum Gasteiger partial charge on any atom is -0.379 e. The van der Waals surface area contributed by atoms with Crippen LogP contribution in [-0.4, -0.2) is 94.6 Å². The van der Waals surface area contributed by atoms with E-state index in [1.807, 2.05) is 13.0 Å². The van der Waals surface area contributed by atoms with E-state index in [-0.39, 0.29) is 35.1 Å². The smallest absolute Gasteiger partial charge is 0.379 e. The van der Waals surface area contributed by atoms with Crippen molar-refractivity contribution in [3.63, 3.8) is 0 Å². The number of hydrogen-bond donors (Lipinski definition) is 2. The summed E-state index contributed by atoms with van der Waals surface area (Å²) in [6, 6.07) is 3.71. The van der Waals surface area contributed by atoms with Crippen molar-refractivity contribution >= 4 is 29.0 Å². The summed E-state index contributed by atoms with van der Waals surface area (Å²) >= 11 is -0.258. The quantitative estimate of drug-likeness (QED) is 0.187. The molecule has 3 aromatic heterocycles. The Bertz CT molecular complexity index is 1360. The van der Waals surface area contributed by atoms with Gasteiger partial charge in [0.25, 0.3) is 5.91 Å². The minimum absolute atomic E-state index is 0.00337. The maximum Gasteiger partial charge on any atom is 0.447 e. The molecule has 0 unspecified atom stereocenters. The molecule has 222 valence electrons. The molecule has 4 heterocycles.